The Morgan fingerprint density at radius 2 is 1.59 bits per heavy atom. The zero-order chi connectivity index (χ0) is 20.5. The number of para-hydroxylation sites is 1. The van der Waals surface area contributed by atoms with Crippen molar-refractivity contribution in [2.45, 2.75) is 19.9 Å². The van der Waals surface area contributed by atoms with Gasteiger partial charge in [-0.3, -0.25) is 9.59 Å². The van der Waals surface area contributed by atoms with Crippen LogP contribution in [0.2, 0.25) is 0 Å². The number of fused-ring (bicyclic) bond motifs is 1. The van der Waals surface area contributed by atoms with Crippen LogP contribution in [0.5, 0.6) is 0 Å². The Hall–Kier alpha value is -3.22. The lowest BCUT2D eigenvalue weighted by Gasteiger charge is -2.36. The molecule has 0 bridgehead atoms. The van der Waals surface area contributed by atoms with E-state index in [9.17, 15) is 14.0 Å². The molecule has 150 valence electrons. The van der Waals surface area contributed by atoms with Gasteiger partial charge in [-0.05, 0) is 32.0 Å². The molecule has 1 saturated heterocycles. The quantitative estimate of drug-likeness (QED) is 0.685. The standard InChI is InChI=1S/C22H23FN4O2/c1-15(2)27-21(28)17-8-4-3-7-16(17)20(24-27)22(29)26-13-11-25(12-14-26)19-10-6-5-9-18(19)23/h3-10,15H,11-14H2,1-2H3. The molecule has 1 aliphatic rings. The average Bonchev–Trinajstić information content (AvgIpc) is 2.74. The summed E-state index contributed by atoms with van der Waals surface area (Å²) in [5, 5.41) is 5.46. The van der Waals surface area contributed by atoms with Crippen molar-refractivity contribution in [3.8, 4) is 0 Å². The lowest BCUT2D eigenvalue weighted by Crippen LogP contribution is -2.49. The van der Waals surface area contributed by atoms with Crippen molar-refractivity contribution in [2.24, 2.45) is 0 Å². The Kier molecular flexibility index (Phi) is 5.05. The first-order valence-corrected chi connectivity index (χ1v) is 9.77. The molecule has 1 aliphatic heterocycles. The molecule has 0 unspecified atom stereocenters. The van der Waals surface area contributed by atoms with E-state index in [0.29, 0.717) is 42.6 Å². The van der Waals surface area contributed by atoms with Gasteiger partial charge >= 0.3 is 0 Å². The minimum Gasteiger partial charge on any atom is -0.366 e. The first-order chi connectivity index (χ1) is 14.0. The molecule has 0 aliphatic carbocycles. The minimum atomic E-state index is -0.260. The second-order valence-corrected chi connectivity index (χ2v) is 7.47. The van der Waals surface area contributed by atoms with Crippen LogP contribution in [-0.4, -0.2) is 46.8 Å². The first-order valence-electron chi connectivity index (χ1n) is 9.77. The van der Waals surface area contributed by atoms with Crippen LogP contribution < -0.4 is 10.5 Å². The molecule has 2 aromatic carbocycles. The highest BCUT2D eigenvalue weighted by atomic mass is 19.1. The van der Waals surface area contributed by atoms with E-state index in [-0.39, 0.29) is 29.0 Å². The van der Waals surface area contributed by atoms with Gasteiger partial charge in [-0.25, -0.2) is 9.07 Å². The third-order valence-electron chi connectivity index (χ3n) is 5.28. The van der Waals surface area contributed by atoms with Crippen molar-refractivity contribution >= 4 is 22.4 Å². The predicted molar refractivity (Wildman–Crippen MR) is 111 cm³/mol. The summed E-state index contributed by atoms with van der Waals surface area (Å²) >= 11 is 0. The van der Waals surface area contributed by atoms with Crippen molar-refractivity contribution in [1.29, 1.82) is 0 Å². The van der Waals surface area contributed by atoms with E-state index in [4.69, 9.17) is 0 Å². The molecule has 3 aromatic rings. The number of carbonyl (C=O) groups is 1. The molecular weight excluding hydrogens is 371 g/mol. The molecule has 0 radical (unpaired) electrons. The van der Waals surface area contributed by atoms with Crippen LogP contribution in [0.3, 0.4) is 0 Å². The largest absolute Gasteiger partial charge is 0.366 e. The van der Waals surface area contributed by atoms with Crippen LogP contribution in [0, 0.1) is 5.82 Å². The lowest BCUT2D eigenvalue weighted by molar-refractivity contribution is 0.0740. The summed E-state index contributed by atoms with van der Waals surface area (Å²) in [5.74, 6) is -0.465. The molecule has 0 saturated carbocycles. The molecule has 6 nitrogen and oxygen atoms in total. The Morgan fingerprint density at radius 3 is 2.24 bits per heavy atom. The molecule has 29 heavy (non-hydrogen) atoms. The van der Waals surface area contributed by atoms with E-state index in [0.717, 1.165) is 0 Å². The number of hydrogen-bond donors (Lipinski definition) is 0. The van der Waals surface area contributed by atoms with Crippen LogP contribution in [0.1, 0.15) is 30.4 Å². The van der Waals surface area contributed by atoms with Crippen molar-refractivity contribution in [2.75, 3.05) is 31.1 Å². The second-order valence-electron chi connectivity index (χ2n) is 7.47. The van der Waals surface area contributed by atoms with E-state index >= 15 is 0 Å². The molecule has 1 aromatic heterocycles. The maximum absolute atomic E-state index is 14.1. The molecule has 0 atom stereocenters. The molecule has 0 spiro atoms. The highest BCUT2D eigenvalue weighted by Crippen LogP contribution is 2.22. The molecule has 0 N–H and O–H groups in total. The van der Waals surface area contributed by atoms with Gasteiger partial charge in [-0.15, -0.1) is 0 Å². The summed E-state index contributed by atoms with van der Waals surface area (Å²) in [6, 6.07) is 13.6. The lowest BCUT2D eigenvalue weighted by atomic mass is 10.1. The van der Waals surface area contributed by atoms with Crippen molar-refractivity contribution in [1.82, 2.24) is 14.7 Å². The summed E-state index contributed by atoms with van der Waals surface area (Å²) in [7, 11) is 0. The van der Waals surface area contributed by atoms with Gasteiger partial charge in [0.2, 0.25) is 0 Å². The van der Waals surface area contributed by atoms with Gasteiger partial charge in [0, 0.05) is 31.6 Å². The molecule has 2 heterocycles. The number of aromatic nitrogens is 2. The maximum atomic E-state index is 14.1. The van der Waals surface area contributed by atoms with Gasteiger partial charge in [0.25, 0.3) is 11.5 Å². The molecule has 1 amide bonds. The highest BCUT2D eigenvalue weighted by Gasteiger charge is 2.27. The SMILES string of the molecule is CC(C)n1nc(C(=O)N2CCN(c3ccccc3F)CC2)c2ccccc2c1=O. The van der Waals surface area contributed by atoms with Crippen molar-refractivity contribution in [3.63, 3.8) is 0 Å². The number of piperazine rings is 1. The fraction of sp³-hybridized carbons (Fsp3) is 0.318. The van der Waals surface area contributed by atoms with Gasteiger partial charge in [-0.2, -0.15) is 5.10 Å². The summed E-state index contributed by atoms with van der Waals surface area (Å²) in [4.78, 5) is 29.6. The van der Waals surface area contributed by atoms with Crippen molar-refractivity contribution < 1.29 is 9.18 Å². The fourth-order valence-electron chi connectivity index (χ4n) is 3.72. The van der Waals surface area contributed by atoms with Gasteiger partial charge < -0.3 is 9.80 Å². The summed E-state index contributed by atoms with van der Waals surface area (Å²) in [6.07, 6.45) is 0. The Morgan fingerprint density at radius 1 is 0.966 bits per heavy atom. The number of benzene rings is 2. The van der Waals surface area contributed by atoms with E-state index < -0.39 is 0 Å². The van der Waals surface area contributed by atoms with E-state index in [2.05, 4.69) is 5.10 Å². The van der Waals surface area contributed by atoms with Crippen LogP contribution in [0.4, 0.5) is 10.1 Å². The summed E-state index contributed by atoms with van der Waals surface area (Å²) in [6.45, 7) is 5.73. The molecular formula is C22H23FN4O2. The van der Waals surface area contributed by atoms with Crippen molar-refractivity contribution in [3.05, 3.63) is 70.4 Å². The second kappa shape index (κ2) is 7.66. The number of hydrogen-bond acceptors (Lipinski definition) is 4. The zero-order valence-electron chi connectivity index (χ0n) is 16.5. The minimum absolute atomic E-state index is 0.156. The number of nitrogens with zero attached hydrogens (tertiary/aromatic N) is 4. The summed E-state index contributed by atoms with van der Waals surface area (Å²) < 4.78 is 15.4. The normalized spacial score (nSPS) is 14.6. The smallest absolute Gasteiger partial charge is 0.275 e. The van der Waals surface area contributed by atoms with Gasteiger partial charge in [0.05, 0.1) is 17.1 Å². The fourth-order valence-corrected chi connectivity index (χ4v) is 3.72. The van der Waals surface area contributed by atoms with Crippen LogP contribution in [0.15, 0.2) is 53.3 Å². The van der Waals surface area contributed by atoms with Gasteiger partial charge in [0.1, 0.15) is 5.82 Å². The number of amides is 1. The van der Waals surface area contributed by atoms with Crippen LogP contribution >= 0.6 is 0 Å². The number of anilines is 1. The Labute approximate surface area is 168 Å². The van der Waals surface area contributed by atoms with E-state index in [1.807, 2.05) is 18.7 Å². The van der Waals surface area contributed by atoms with Crippen LogP contribution in [0.25, 0.3) is 10.8 Å². The number of carbonyl (C=O) groups excluding carboxylic acids is 1. The van der Waals surface area contributed by atoms with E-state index in [1.54, 1.807) is 47.4 Å². The summed E-state index contributed by atoms with van der Waals surface area (Å²) in [5.41, 5.74) is 0.640. The van der Waals surface area contributed by atoms with Gasteiger partial charge in [-0.1, -0.05) is 30.3 Å². The highest BCUT2D eigenvalue weighted by molar-refractivity contribution is 6.04. The topological polar surface area (TPSA) is 58.4 Å². The first kappa shape index (κ1) is 19.1. The predicted octanol–water partition coefficient (Wildman–Crippen LogP) is 3.08. The van der Waals surface area contributed by atoms with Crippen LogP contribution in [-0.2, 0) is 0 Å². The molecule has 1 fully saturated rings. The zero-order valence-corrected chi connectivity index (χ0v) is 16.5. The molecule has 7 heteroatoms. The monoisotopic (exact) mass is 394 g/mol. The maximum Gasteiger partial charge on any atom is 0.275 e. The third-order valence-corrected chi connectivity index (χ3v) is 5.28. The van der Waals surface area contributed by atoms with Gasteiger partial charge in [0.15, 0.2) is 5.69 Å². The van der Waals surface area contributed by atoms with E-state index in [1.165, 1.54) is 10.7 Å². The number of rotatable bonds is 3. The Bertz CT molecular complexity index is 1120. The molecule has 4 rings (SSSR count). The third kappa shape index (κ3) is 3.48. The number of halogens is 1. The Balaban J connectivity index is 1.63. The average molecular weight is 394 g/mol.